The van der Waals surface area contributed by atoms with Gasteiger partial charge in [-0.15, -0.1) is 0 Å². The zero-order valence-corrected chi connectivity index (χ0v) is 17.2. The van der Waals surface area contributed by atoms with E-state index in [1.807, 2.05) is 0 Å². The van der Waals surface area contributed by atoms with Crippen LogP contribution < -0.4 is 10.0 Å². The summed E-state index contributed by atoms with van der Waals surface area (Å²) < 4.78 is 40.6. The molecule has 0 aliphatic carbocycles. The molecule has 1 amide bonds. The zero-order chi connectivity index (χ0) is 20.9. The minimum Gasteiger partial charge on any atom is -0.352 e. The van der Waals surface area contributed by atoms with Crippen molar-refractivity contribution >= 4 is 21.6 Å². The molecule has 0 bridgehead atoms. The van der Waals surface area contributed by atoms with Crippen LogP contribution in [0, 0.1) is 11.7 Å². The van der Waals surface area contributed by atoms with E-state index < -0.39 is 15.8 Å². The predicted molar refractivity (Wildman–Crippen MR) is 111 cm³/mol. The Morgan fingerprint density at radius 1 is 1.10 bits per heavy atom. The van der Waals surface area contributed by atoms with Gasteiger partial charge in [-0.2, -0.15) is 0 Å². The topological polar surface area (TPSA) is 78.5 Å². The Bertz CT molecular complexity index is 940. The van der Waals surface area contributed by atoms with Crippen LogP contribution in [-0.2, 0) is 10.0 Å². The summed E-state index contributed by atoms with van der Waals surface area (Å²) >= 11 is 0. The van der Waals surface area contributed by atoms with E-state index in [2.05, 4.69) is 22.0 Å². The first-order valence-electron chi connectivity index (χ1n) is 9.69. The standard InChI is InChI=1S/C21H26FN3O3S/c1-25-14-11-16(12-15-25)10-13-23-21(26)19-4-2-3-5-20(19)24-29(27,28)18-8-6-17(22)7-9-18/h2-9,16,24H,10-15H2,1H3,(H,23,26). The van der Waals surface area contributed by atoms with Crippen molar-refractivity contribution in [1.82, 2.24) is 10.2 Å². The monoisotopic (exact) mass is 419 g/mol. The van der Waals surface area contributed by atoms with E-state index in [0.29, 0.717) is 12.5 Å². The molecule has 1 heterocycles. The minimum atomic E-state index is -3.93. The third-order valence-corrected chi connectivity index (χ3v) is 6.60. The van der Waals surface area contributed by atoms with Gasteiger partial charge in [0.25, 0.3) is 15.9 Å². The minimum absolute atomic E-state index is 0.0728. The van der Waals surface area contributed by atoms with E-state index >= 15 is 0 Å². The fourth-order valence-electron chi connectivity index (χ4n) is 3.42. The molecule has 1 aliphatic heterocycles. The Morgan fingerprint density at radius 3 is 2.45 bits per heavy atom. The Hall–Kier alpha value is -2.45. The van der Waals surface area contributed by atoms with Crippen molar-refractivity contribution in [3.8, 4) is 0 Å². The summed E-state index contributed by atoms with van der Waals surface area (Å²) in [4.78, 5) is 14.9. The summed E-state index contributed by atoms with van der Waals surface area (Å²) in [6.07, 6.45) is 3.16. The lowest BCUT2D eigenvalue weighted by atomic mass is 9.94. The molecule has 0 saturated carbocycles. The Labute approximate surface area is 171 Å². The van der Waals surface area contributed by atoms with Crippen molar-refractivity contribution in [2.75, 3.05) is 31.4 Å². The van der Waals surface area contributed by atoms with Crippen LogP contribution in [0.1, 0.15) is 29.6 Å². The van der Waals surface area contributed by atoms with Crippen LogP contribution in [0.2, 0.25) is 0 Å². The van der Waals surface area contributed by atoms with E-state index in [-0.39, 0.29) is 22.1 Å². The summed E-state index contributed by atoms with van der Waals surface area (Å²) in [7, 11) is -1.82. The second-order valence-corrected chi connectivity index (χ2v) is 9.08. The number of anilines is 1. The summed E-state index contributed by atoms with van der Waals surface area (Å²) in [5, 5.41) is 2.89. The molecule has 0 atom stereocenters. The molecule has 0 aromatic heterocycles. The molecule has 1 fully saturated rings. The molecule has 29 heavy (non-hydrogen) atoms. The molecular weight excluding hydrogens is 393 g/mol. The highest BCUT2D eigenvalue weighted by molar-refractivity contribution is 7.92. The average molecular weight is 420 g/mol. The van der Waals surface area contributed by atoms with Gasteiger partial charge in [0.05, 0.1) is 16.1 Å². The predicted octanol–water partition coefficient (Wildman–Crippen LogP) is 3.09. The maximum absolute atomic E-state index is 13.1. The number of piperidine rings is 1. The number of hydrogen-bond acceptors (Lipinski definition) is 4. The van der Waals surface area contributed by atoms with Crippen LogP contribution in [0.15, 0.2) is 53.4 Å². The Balaban J connectivity index is 1.63. The SMILES string of the molecule is CN1CCC(CCNC(=O)c2ccccc2NS(=O)(=O)c2ccc(F)cc2)CC1. The average Bonchev–Trinajstić information content (AvgIpc) is 2.70. The highest BCUT2D eigenvalue weighted by Crippen LogP contribution is 2.21. The van der Waals surface area contributed by atoms with Gasteiger partial charge >= 0.3 is 0 Å². The molecule has 2 aromatic carbocycles. The van der Waals surface area contributed by atoms with E-state index in [1.165, 1.54) is 18.2 Å². The molecule has 1 saturated heterocycles. The van der Waals surface area contributed by atoms with Crippen molar-refractivity contribution < 1.29 is 17.6 Å². The van der Waals surface area contributed by atoms with Crippen LogP contribution in [-0.4, -0.2) is 45.9 Å². The van der Waals surface area contributed by atoms with Crippen LogP contribution in [0.3, 0.4) is 0 Å². The molecule has 0 spiro atoms. The molecule has 2 N–H and O–H groups in total. The molecule has 0 unspecified atom stereocenters. The van der Waals surface area contributed by atoms with Gasteiger partial charge < -0.3 is 10.2 Å². The maximum atomic E-state index is 13.1. The van der Waals surface area contributed by atoms with Gasteiger partial charge in [-0.25, -0.2) is 12.8 Å². The number of likely N-dealkylation sites (tertiary alicyclic amines) is 1. The molecule has 156 valence electrons. The maximum Gasteiger partial charge on any atom is 0.261 e. The molecular formula is C21H26FN3O3S. The highest BCUT2D eigenvalue weighted by atomic mass is 32.2. The van der Waals surface area contributed by atoms with Gasteiger partial charge in [-0.05, 0) is 81.7 Å². The number of nitrogens with one attached hydrogen (secondary N) is 2. The van der Waals surface area contributed by atoms with Crippen molar-refractivity contribution in [1.29, 1.82) is 0 Å². The second kappa shape index (κ2) is 9.37. The fraction of sp³-hybridized carbons (Fsp3) is 0.381. The summed E-state index contributed by atoms with van der Waals surface area (Å²) in [6.45, 7) is 2.70. The van der Waals surface area contributed by atoms with Crippen LogP contribution in [0.4, 0.5) is 10.1 Å². The van der Waals surface area contributed by atoms with Crippen molar-refractivity contribution in [2.24, 2.45) is 5.92 Å². The van der Waals surface area contributed by atoms with Gasteiger partial charge in [-0.1, -0.05) is 12.1 Å². The highest BCUT2D eigenvalue weighted by Gasteiger charge is 2.20. The third kappa shape index (κ3) is 5.77. The molecule has 2 aromatic rings. The first kappa shape index (κ1) is 21.3. The number of carbonyl (C=O) groups excluding carboxylic acids is 1. The van der Waals surface area contributed by atoms with E-state index in [0.717, 1.165) is 44.5 Å². The normalized spacial score (nSPS) is 15.8. The number of benzene rings is 2. The fourth-order valence-corrected chi connectivity index (χ4v) is 4.50. The zero-order valence-electron chi connectivity index (χ0n) is 16.4. The van der Waals surface area contributed by atoms with E-state index in [4.69, 9.17) is 0 Å². The number of nitrogens with zero attached hydrogens (tertiary/aromatic N) is 1. The van der Waals surface area contributed by atoms with Gasteiger partial charge in [0.15, 0.2) is 0 Å². The second-order valence-electron chi connectivity index (χ2n) is 7.40. The number of sulfonamides is 1. The lowest BCUT2D eigenvalue weighted by Crippen LogP contribution is -2.33. The van der Waals surface area contributed by atoms with Crippen LogP contribution in [0.25, 0.3) is 0 Å². The number of rotatable bonds is 7. The lowest BCUT2D eigenvalue weighted by molar-refractivity contribution is 0.0950. The summed E-state index contributed by atoms with van der Waals surface area (Å²) in [5.41, 5.74) is 0.440. The van der Waals surface area contributed by atoms with E-state index in [1.54, 1.807) is 18.2 Å². The van der Waals surface area contributed by atoms with Gasteiger partial charge in [0, 0.05) is 6.54 Å². The van der Waals surface area contributed by atoms with Gasteiger partial charge in [0.1, 0.15) is 5.82 Å². The van der Waals surface area contributed by atoms with Crippen LogP contribution >= 0.6 is 0 Å². The number of para-hydroxylation sites is 1. The lowest BCUT2D eigenvalue weighted by Gasteiger charge is -2.28. The number of amides is 1. The van der Waals surface area contributed by atoms with Crippen molar-refractivity contribution in [3.63, 3.8) is 0 Å². The molecule has 8 heteroatoms. The largest absolute Gasteiger partial charge is 0.352 e. The Kier molecular flexibility index (Phi) is 6.87. The molecule has 1 aliphatic rings. The molecule has 0 radical (unpaired) electrons. The van der Waals surface area contributed by atoms with Crippen molar-refractivity contribution in [2.45, 2.75) is 24.2 Å². The quantitative estimate of drug-likeness (QED) is 0.723. The number of halogens is 1. The summed E-state index contributed by atoms with van der Waals surface area (Å²) in [6, 6.07) is 11.0. The first-order chi connectivity index (χ1) is 13.8. The van der Waals surface area contributed by atoms with Crippen LogP contribution in [0.5, 0.6) is 0 Å². The first-order valence-corrected chi connectivity index (χ1v) is 11.2. The number of carbonyl (C=O) groups is 1. The van der Waals surface area contributed by atoms with Crippen molar-refractivity contribution in [3.05, 3.63) is 59.9 Å². The number of hydrogen-bond donors (Lipinski definition) is 2. The molecule has 3 rings (SSSR count). The van der Waals surface area contributed by atoms with Gasteiger partial charge in [0.2, 0.25) is 0 Å². The van der Waals surface area contributed by atoms with Gasteiger partial charge in [-0.3, -0.25) is 9.52 Å². The smallest absolute Gasteiger partial charge is 0.261 e. The Morgan fingerprint density at radius 2 is 1.76 bits per heavy atom. The third-order valence-electron chi connectivity index (χ3n) is 5.22. The molecule has 6 nitrogen and oxygen atoms in total. The summed E-state index contributed by atoms with van der Waals surface area (Å²) in [5.74, 6) is -0.248. The van der Waals surface area contributed by atoms with E-state index in [9.17, 15) is 17.6 Å².